The molecule has 0 spiro atoms. The molecule has 0 radical (unpaired) electrons. The molecule has 0 bridgehead atoms. The molecule has 0 unspecified atom stereocenters. The molecule has 192 valence electrons. The van der Waals surface area contributed by atoms with Crippen LogP contribution in [0.25, 0.3) is 0 Å². The van der Waals surface area contributed by atoms with Crippen molar-refractivity contribution in [3.63, 3.8) is 0 Å². The molecule has 4 rings (SSSR count). The Morgan fingerprint density at radius 1 is 1.20 bits per heavy atom. The van der Waals surface area contributed by atoms with Gasteiger partial charge in [-0.1, -0.05) is 13.8 Å². The lowest BCUT2D eigenvalue weighted by Gasteiger charge is -2.61. The summed E-state index contributed by atoms with van der Waals surface area (Å²) in [6.07, 6.45) is 3.11. The molecule has 0 N–H and O–H groups in total. The van der Waals surface area contributed by atoms with Gasteiger partial charge in [-0.05, 0) is 36.2 Å². The summed E-state index contributed by atoms with van der Waals surface area (Å²) >= 11 is 0. The van der Waals surface area contributed by atoms with Crippen LogP contribution in [-0.2, 0) is 43.4 Å². The molecule has 2 aliphatic carbocycles. The Balaban J connectivity index is 1.78. The number of cyclic esters (lactones) is 1. The first-order chi connectivity index (χ1) is 16.2. The van der Waals surface area contributed by atoms with Crippen LogP contribution in [-0.4, -0.2) is 55.6 Å². The summed E-state index contributed by atoms with van der Waals surface area (Å²) in [6.45, 7) is 4.93. The normalized spacial score (nSPS) is 37.0. The monoisotopic (exact) mass is 509 g/mol. The third-order valence-electron chi connectivity index (χ3n) is 8.34. The highest BCUT2D eigenvalue weighted by atomic mass is 32.2. The van der Waals surface area contributed by atoms with E-state index in [1.807, 2.05) is 13.8 Å². The van der Waals surface area contributed by atoms with E-state index in [0.29, 0.717) is 18.4 Å². The molecule has 1 aromatic heterocycles. The number of fused-ring (bicyclic) bond motifs is 3. The Bertz CT molecular complexity index is 1190. The van der Waals surface area contributed by atoms with Crippen LogP contribution in [0.3, 0.4) is 0 Å². The van der Waals surface area contributed by atoms with Crippen molar-refractivity contribution in [1.82, 2.24) is 3.97 Å². The number of ketones is 1. The van der Waals surface area contributed by atoms with Crippen LogP contribution in [0.2, 0.25) is 0 Å². The fourth-order valence-corrected chi connectivity index (χ4v) is 7.39. The molecule has 1 aliphatic heterocycles. The van der Waals surface area contributed by atoms with Gasteiger partial charge in [-0.25, -0.2) is 8.42 Å². The first-order valence-corrected chi connectivity index (χ1v) is 13.4. The molecule has 7 atom stereocenters. The van der Waals surface area contributed by atoms with Gasteiger partial charge in [0.25, 0.3) is 0 Å². The largest absolute Gasteiger partial charge is 0.469 e. The quantitative estimate of drug-likeness (QED) is 0.441. The van der Waals surface area contributed by atoms with E-state index >= 15 is 0 Å². The van der Waals surface area contributed by atoms with Crippen molar-refractivity contribution in [2.75, 3.05) is 13.4 Å². The van der Waals surface area contributed by atoms with E-state index in [4.69, 9.17) is 14.2 Å². The summed E-state index contributed by atoms with van der Waals surface area (Å²) in [5, 5.41) is 0. The number of hydrogen-bond acceptors (Lipinski definition) is 9. The number of nitrogens with zero attached hydrogens (tertiary/aromatic N) is 1. The standard InChI is InChI=1S/C24H31NO9S/c1-13(26)33-17-10-16(21(28)32-4)23(2)8-6-15-22(29)34-18(11-24(15,3)20(23)19(17)27)14-7-9-25(12-14)35(5,30)31/h7,9,12,15-18,20H,6,8,10-11H2,1-5H3/t15-,16-,17-,18-,20-,23-,24-/m0/s1. The van der Waals surface area contributed by atoms with Gasteiger partial charge in [0.15, 0.2) is 11.9 Å². The number of ether oxygens (including phenoxy) is 3. The summed E-state index contributed by atoms with van der Waals surface area (Å²) in [5.74, 6) is -3.94. The van der Waals surface area contributed by atoms with Gasteiger partial charge < -0.3 is 14.2 Å². The first kappa shape index (κ1) is 25.4. The number of rotatable bonds is 4. The van der Waals surface area contributed by atoms with Crippen molar-refractivity contribution in [1.29, 1.82) is 0 Å². The van der Waals surface area contributed by atoms with Gasteiger partial charge in [0.1, 0.15) is 6.10 Å². The van der Waals surface area contributed by atoms with Crippen LogP contribution in [0.15, 0.2) is 18.5 Å². The van der Waals surface area contributed by atoms with Crippen LogP contribution in [0, 0.1) is 28.6 Å². The predicted octanol–water partition coefficient (Wildman–Crippen LogP) is 2.02. The molecule has 35 heavy (non-hydrogen) atoms. The molecule has 1 aromatic rings. The zero-order valence-corrected chi connectivity index (χ0v) is 21.3. The lowest BCUT2D eigenvalue weighted by atomic mass is 9.43. The molecular weight excluding hydrogens is 478 g/mol. The third-order valence-corrected chi connectivity index (χ3v) is 9.33. The summed E-state index contributed by atoms with van der Waals surface area (Å²) in [6, 6.07) is 1.58. The molecule has 0 aromatic carbocycles. The Hall–Kier alpha value is -2.69. The number of Topliss-reactive ketones (excluding diaryl/α,β-unsaturated/α-hetero) is 1. The highest BCUT2D eigenvalue weighted by Crippen LogP contribution is 2.65. The van der Waals surface area contributed by atoms with Gasteiger partial charge in [0.2, 0.25) is 10.0 Å². The maximum Gasteiger partial charge on any atom is 0.310 e. The molecular formula is C24H31NO9S. The van der Waals surface area contributed by atoms with Crippen molar-refractivity contribution in [2.45, 2.75) is 58.7 Å². The molecule has 2 saturated carbocycles. The second-order valence-electron chi connectivity index (χ2n) is 10.5. The van der Waals surface area contributed by atoms with Crippen molar-refractivity contribution < 1.29 is 41.8 Å². The molecule has 10 nitrogen and oxygen atoms in total. The maximum atomic E-state index is 13.8. The molecule has 0 amide bonds. The third kappa shape index (κ3) is 4.07. The fraction of sp³-hybridized carbons (Fsp3) is 0.667. The van der Waals surface area contributed by atoms with E-state index < -0.39 is 68.7 Å². The second kappa shape index (κ2) is 8.46. The number of carbonyl (C=O) groups is 4. The zero-order chi connectivity index (χ0) is 25.9. The van der Waals surface area contributed by atoms with Crippen molar-refractivity contribution in [2.24, 2.45) is 28.6 Å². The molecule has 3 aliphatic rings. The van der Waals surface area contributed by atoms with Gasteiger partial charge in [-0.2, -0.15) is 0 Å². The first-order valence-electron chi connectivity index (χ1n) is 11.6. The second-order valence-corrected chi connectivity index (χ2v) is 12.4. The van der Waals surface area contributed by atoms with Crippen LogP contribution in [0.5, 0.6) is 0 Å². The van der Waals surface area contributed by atoms with Gasteiger partial charge >= 0.3 is 17.9 Å². The predicted molar refractivity (Wildman–Crippen MR) is 121 cm³/mol. The number of methoxy groups -OCH3 is 1. The minimum atomic E-state index is -3.53. The Labute approximate surface area is 204 Å². The van der Waals surface area contributed by atoms with Crippen molar-refractivity contribution >= 4 is 33.7 Å². The minimum absolute atomic E-state index is 0.0317. The zero-order valence-electron chi connectivity index (χ0n) is 20.5. The van der Waals surface area contributed by atoms with E-state index in [2.05, 4.69) is 0 Å². The smallest absolute Gasteiger partial charge is 0.310 e. The SMILES string of the molecule is COC(=O)[C@@H]1C[C@H](OC(C)=O)C(=O)[C@H]2[C@@]1(C)CC[C@H]1C(=O)O[C@H](c3ccn(S(C)(=O)=O)c3)C[C@]21C. The molecule has 3 fully saturated rings. The Morgan fingerprint density at radius 3 is 2.46 bits per heavy atom. The number of esters is 3. The van der Waals surface area contributed by atoms with E-state index in [1.165, 1.54) is 26.4 Å². The van der Waals surface area contributed by atoms with Gasteiger partial charge in [0.05, 0.1) is 25.2 Å². The highest BCUT2D eigenvalue weighted by molar-refractivity contribution is 7.89. The van der Waals surface area contributed by atoms with Gasteiger partial charge in [0, 0.05) is 37.2 Å². The van der Waals surface area contributed by atoms with Crippen LogP contribution >= 0.6 is 0 Å². The summed E-state index contributed by atoms with van der Waals surface area (Å²) in [7, 11) is -2.24. The molecule has 11 heteroatoms. The highest BCUT2D eigenvalue weighted by Gasteiger charge is 2.67. The number of hydrogen-bond donors (Lipinski definition) is 0. The topological polar surface area (TPSA) is 135 Å². The average Bonchev–Trinajstić information content (AvgIpc) is 3.25. The van der Waals surface area contributed by atoms with E-state index in [9.17, 15) is 27.6 Å². The van der Waals surface area contributed by atoms with E-state index in [0.717, 1.165) is 10.2 Å². The lowest BCUT2D eigenvalue weighted by molar-refractivity contribution is -0.210. The Kier molecular flexibility index (Phi) is 6.14. The van der Waals surface area contributed by atoms with Crippen LogP contribution in [0.1, 0.15) is 58.1 Å². The van der Waals surface area contributed by atoms with Gasteiger partial charge in [-0.3, -0.25) is 23.2 Å². The summed E-state index contributed by atoms with van der Waals surface area (Å²) in [4.78, 5) is 51.7. The molecule has 1 saturated heterocycles. The Morgan fingerprint density at radius 2 is 1.89 bits per heavy atom. The van der Waals surface area contributed by atoms with E-state index in [1.54, 1.807) is 6.07 Å². The van der Waals surface area contributed by atoms with Gasteiger partial charge in [-0.15, -0.1) is 0 Å². The van der Waals surface area contributed by atoms with Crippen molar-refractivity contribution in [3.05, 3.63) is 24.0 Å². The summed E-state index contributed by atoms with van der Waals surface area (Å²) < 4.78 is 41.1. The van der Waals surface area contributed by atoms with Crippen LogP contribution < -0.4 is 0 Å². The maximum absolute atomic E-state index is 13.8. The lowest BCUT2D eigenvalue weighted by Crippen LogP contribution is -2.64. The molecule has 2 heterocycles. The summed E-state index contributed by atoms with van der Waals surface area (Å²) in [5.41, 5.74) is -1.23. The average molecular weight is 510 g/mol. The van der Waals surface area contributed by atoms with Crippen molar-refractivity contribution in [3.8, 4) is 0 Å². The van der Waals surface area contributed by atoms with Crippen LogP contribution in [0.4, 0.5) is 0 Å². The fourth-order valence-electron chi connectivity index (χ4n) is 6.79. The minimum Gasteiger partial charge on any atom is -0.469 e. The number of carbonyl (C=O) groups excluding carboxylic acids is 4. The number of aromatic nitrogens is 1. The van der Waals surface area contributed by atoms with E-state index in [-0.39, 0.29) is 18.6 Å².